The van der Waals surface area contributed by atoms with E-state index in [9.17, 15) is 14.4 Å². The van der Waals surface area contributed by atoms with Gasteiger partial charge in [-0.25, -0.2) is 9.48 Å². The van der Waals surface area contributed by atoms with Gasteiger partial charge in [-0.2, -0.15) is 5.10 Å². The number of hydrogen-bond donors (Lipinski definition) is 3. The van der Waals surface area contributed by atoms with Gasteiger partial charge in [0.05, 0.1) is 17.4 Å². The Morgan fingerprint density at radius 2 is 1.89 bits per heavy atom. The lowest BCUT2D eigenvalue weighted by atomic mass is 9.92. The van der Waals surface area contributed by atoms with Crippen LogP contribution in [0.5, 0.6) is 0 Å². The van der Waals surface area contributed by atoms with E-state index in [0.717, 1.165) is 5.69 Å². The van der Waals surface area contributed by atoms with Gasteiger partial charge in [0, 0.05) is 11.9 Å². The molecular formula is C20H17N5O3. The minimum atomic E-state index is -1.18. The van der Waals surface area contributed by atoms with E-state index in [1.54, 1.807) is 42.1 Å². The molecule has 0 aliphatic carbocycles. The third-order valence-electron chi connectivity index (χ3n) is 4.61. The minimum Gasteiger partial charge on any atom is -0.322 e. The smallest absolute Gasteiger partial charge is 0.322 e. The van der Waals surface area contributed by atoms with Crippen LogP contribution in [-0.2, 0) is 10.3 Å². The molecule has 3 aromatic rings. The van der Waals surface area contributed by atoms with E-state index in [-0.39, 0.29) is 5.91 Å². The topological polar surface area (TPSA) is 105 Å². The molecule has 0 unspecified atom stereocenters. The number of amides is 4. The molecule has 1 fully saturated rings. The fourth-order valence-corrected chi connectivity index (χ4v) is 3.02. The van der Waals surface area contributed by atoms with Crippen LogP contribution in [0.4, 0.5) is 10.5 Å². The average Bonchev–Trinajstić information content (AvgIpc) is 3.28. The predicted molar refractivity (Wildman–Crippen MR) is 102 cm³/mol. The van der Waals surface area contributed by atoms with Crippen molar-refractivity contribution in [3.63, 3.8) is 0 Å². The quantitative estimate of drug-likeness (QED) is 0.608. The van der Waals surface area contributed by atoms with Crippen molar-refractivity contribution in [3.8, 4) is 5.69 Å². The van der Waals surface area contributed by atoms with Gasteiger partial charge in [0.25, 0.3) is 11.8 Å². The molecule has 8 nitrogen and oxygen atoms in total. The Hall–Kier alpha value is -3.94. The van der Waals surface area contributed by atoms with Crippen LogP contribution < -0.4 is 16.0 Å². The second kappa shape index (κ2) is 6.66. The number of hydrogen-bond acceptors (Lipinski definition) is 4. The summed E-state index contributed by atoms with van der Waals surface area (Å²) in [6.45, 7) is 1.61. The molecule has 1 aliphatic rings. The lowest BCUT2D eigenvalue weighted by Gasteiger charge is -2.21. The van der Waals surface area contributed by atoms with Gasteiger partial charge >= 0.3 is 6.03 Å². The Kier molecular flexibility index (Phi) is 4.15. The summed E-state index contributed by atoms with van der Waals surface area (Å²) in [5.74, 6) is -0.769. The molecule has 0 saturated carbocycles. The van der Waals surface area contributed by atoms with E-state index in [4.69, 9.17) is 0 Å². The molecule has 2 heterocycles. The Morgan fingerprint density at radius 1 is 1.11 bits per heavy atom. The molecule has 28 heavy (non-hydrogen) atoms. The number of benzene rings is 2. The second-order valence-corrected chi connectivity index (χ2v) is 6.58. The third-order valence-corrected chi connectivity index (χ3v) is 4.61. The first-order valence-corrected chi connectivity index (χ1v) is 8.61. The maximum absolute atomic E-state index is 12.6. The molecule has 1 saturated heterocycles. The number of nitrogens with one attached hydrogen (secondary N) is 3. The van der Waals surface area contributed by atoms with Crippen LogP contribution in [0.15, 0.2) is 67.0 Å². The van der Waals surface area contributed by atoms with Crippen molar-refractivity contribution in [2.24, 2.45) is 0 Å². The first kappa shape index (κ1) is 17.5. The average molecular weight is 375 g/mol. The second-order valence-electron chi connectivity index (χ2n) is 6.58. The zero-order valence-electron chi connectivity index (χ0n) is 15.0. The highest BCUT2D eigenvalue weighted by Crippen LogP contribution is 2.26. The summed E-state index contributed by atoms with van der Waals surface area (Å²) in [4.78, 5) is 36.2. The maximum atomic E-state index is 12.6. The van der Waals surface area contributed by atoms with Crippen LogP contribution >= 0.6 is 0 Å². The Bertz CT molecular complexity index is 1080. The molecule has 1 atom stereocenters. The Morgan fingerprint density at radius 3 is 2.61 bits per heavy atom. The molecule has 140 valence electrons. The monoisotopic (exact) mass is 375 g/mol. The fourth-order valence-electron chi connectivity index (χ4n) is 3.02. The van der Waals surface area contributed by atoms with Crippen LogP contribution in [0.2, 0.25) is 0 Å². The van der Waals surface area contributed by atoms with Crippen LogP contribution in [0, 0.1) is 0 Å². The number of imide groups is 1. The van der Waals surface area contributed by atoms with Crippen LogP contribution in [0.1, 0.15) is 22.8 Å². The summed E-state index contributed by atoms with van der Waals surface area (Å²) in [5.41, 5.74) is 1.13. The number of rotatable bonds is 4. The third kappa shape index (κ3) is 3.11. The molecule has 0 spiro atoms. The molecule has 3 N–H and O–H groups in total. The molecule has 4 amide bonds. The van der Waals surface area contributed by atoms with Gasteiger partial charge < -0.3 is 10.6 Å². The maximum Gasteiger partial charge on any atom is 0.322 e. The molecule has 8 heteroatoms. The highest BCUT2D eigenvalue weighted by molar-refractivity contribution is 6.07. The molecule has 1 aromatic heterocycles. The standard InChI is InChI=1S/C20H17N5O3/c1-20(18(27)23-19(28)24-20)14-6-5-7-15(10-14)22-17(26)13-11-21-25(12-13)16-8-3-2-4-9-16/h2-12H,1H3,(H,22,26)(H2,23,24,27,28)/t20-/m1/s1. The molecule has 0 radical (unpaired) electrons. The number of carbonyl (C=O) groups is 3. The number of carbonyl (C=O) groups excluding carboxylic acids is 3. The number of urea groups is 1. The van der Waals surface area contributed by atoms with E-state index < -0.39 is 17.5 Å². The van der Waals surface area contributed by atoms with Gasteiger partial charge in [0.2, 0.25) is 0 Å². The summed E-state index contributed by atoms with van der Waals surface area (Å²) in [6.07, 6.45) is 3.12. The van der Waals surface area contributed by atoms with E-state index in [1.807, 2.05) is 30.3 Å². The highest BCUT2D eigenvalue weighted by Gasteiger charge is 2.43. The summed E-state index contributed by atoms with van der Waals surface area (Å²) >= 11 is 0. The van der Waals surface area contributed by atoms with Crippen molar-refractivity contribution >= 4 is 23.5 Å². The first-order chi connectivity index (χ1) is 13.5. The fraction of sp³-hybridized carbons (Fsp3) is 0.100. The van der Waals surface area contributed by atoms with Crippen molar-refractivity contribution in [3.05, 3.63) is 78.1 Å². The SMILES string of the molecule is C[C@]1(c2cccc(NC(=O)c3cnn(-c4ccccc4)c3)c2)NC(=O)NC1=O. The van der Waals surface area contributed by atoms with Gasteiger partial charge in [-0.3, -0.25) is 14.9 Å². The minimum absolute atomic E-state index is 0.329. The lowest BCUT2D eigenvalue weighted by molar-refractivity contribution is -0.123. The number of aromatic nitrogens is 2. The zero-order valence-corrected chi connectivity index (χ0v) is 15.0. The van der Waals surface area contributed by atoms with Crippen molar-refractivity contribution in [1.82, 2.24) is 20.4 Å². The normalized spacial score (nSPS) is 18.5. The molecule has 1 aliphatic heterocycles. The van der Waals surface area contributed by atoms with Crippen molar-refractivity contribution in [2.75, 3.05) is 5.32 Å². The summed E-state index contributed by atoms with van der Waals surface area (Å²) in [5, 5.41) is 11.8. The van der Waals surface area contributed by atoms with E-state index >= 15 is 0 Å². The van der Waals surface area contributed by atoms with Gasteiger partial charge in [-0.1, -0.05) is 30.3 Å². The van der Waals surface area contributed by atoms with Gasteiger partial charge in [0.15, 0.2) is 0 Å². The Labute approximate surface area is 160 Å². The number of para-hydroxylation sites is 1. The van der Waals surface area contributed by atoms with Crippen LogP contribution in [0.25, 0.3) is 5.69 Å². The molecule has 0 bridgehead atoms. The highest BCUT2D eigenvalue weighted by atomic mass is 16.2. The van der Waals surface area contributed by atoms with Crippen molar-refractivity contribution < 1.29 is 14.4 Å². The van der Waals surface area contributed by atoms with Gasteiger partial charge in [0.1, 0.15) is 5.54 Å². The first-order valence-electron chi connectivity index (χ1n) is 8.61. The number of anilines is 1. The van der Waals surface area contributed by atoms with Crippen LogP contribution in [-0.4, -0.2) is 27.6 Å². The number of nitrogens with zero attached hydrogens (tertiary/aromatic N) is 2. The molecule has 4 rings (SSSR count). The van der Waals surface area contributed by atoms with Crippen LogP contribution in [0.3, 0.4) is 0 Å². The van der Waals surface area contributed by atoms with Crippen molar-refractivity contribution in [1.29, 1.82) is 0 Å². The molecular weight excluding hydrogens is 358 g/mol. The van der Waals surface area contributed by atoms with Gasteiger partial charge in [-0.05, 0) is 36.8 Å². The lowest BCUT2D eigenvalue weighted by Crippen LogP contribution is -2.40. The Balaban J connectivity index is 1.54. The molecule has 2 aromatic carbocycles. The van der Waals surface area contributed by atoms with E-state index in [2.05, 4.69) is 21.0 Å². The van der Waals surface area contributed by atoms with Crippen molar-refractivity contribution in [2.45, 2.75) is 12.5 Å². The zero-order chi connectivity index (χ0) is 19.7. The summed E-state index contributed by atoms with van der Waals surface area (Å²) in [7, 11) is 0. The summed E-state index contributed by atoms with van der Waals surface area (Å²) in [6, 6.07) is 15.7. The van der Waals surface area contributed by atoms with E-state index in [0.29, 0.717) is 16.8 Å². The summed E-state index contributed by atoms with van der Waals surface area (Å²) < 4.78 is 1.62. The predicted octanol–water partition coefficient (Wildman–Crippen LogP) is 2.18. The largest absolute Gasteiger partial charge is 0.322 e. The van der Waals surface area contributed by atoms with Gasteiger partial charge in [-0.15, -0.1) is 0 Å². The van der Waals surface area contributed by atoms with E-state index in [1.165, 1.54) is 6.20 Å².